The second-order valence-corrected chi connectivity index (χ2v) is 3.98. The molecular formula is C10H15AuClO2P. The third-order valence-electron chi connectivity index (χ3n) is 1.46. The van der Waals surface area contributed by atoms with Crippen molar-refractivity contribution in [2.75, 3.05) is 13.2 Å². The van der Waals surface area contributed by atoms with Crippen molar-refractivity contribution in [3.05, 3.63) is 30.3 Å². The van der Waals surface area contributed by atoms with Crippen LogP contribution in [0.15, 0.2) is 30.3 Å². The maximum atomic E-state index is 5.51. The number of benzene rings is 1. The molecule has 1 rings (SSSR count). The molecule has 15 heavy (non-hydrogen) atoms. The first-order valence-electron chi connectivity index (χ1n) is 4.60. The number of rotatable bonds is 5. The second kappa shape index (κ2) is 11.1. The molecule has 0 bridgehead atoms. The zero-order chi connectivity index (χ0) is 11.5. The molecule has 5 heteroatoms. The summed E-state index contributed by atoms with van der Waals surface area (Å²) in [6.07, 6.45) is 0. The fraction of sp³-hybridized carbons (Fsp3) is 0.400. The van der Waals surface area contributed by atoms with Crippen molar-refractivity contribution in [1.29, 1.82) is 0 Å². The molecule has 0 saturated heterocycles. The molecule has 0 aliphatic carbocycles. The zero-order valence-corrected chi connectivity index (χ0v) is 12.6. The molecule has 0 amide bonds. The van der Waals surface area contributed by atoms with Crippen molar-refractivity contribution in [2.45, 2.75) is 13.8 Å². The van der Waals surface area contributed by atoms with Crippen LogP contribution in [0.5, 0.6) is 0 Å². The monoisotopic (exact) mass is 430 g/mol. The van der Waals surface area contributed by atoms with Gasteiger partial charge in [0.25, 0.3) is 0 Å². The van der Waals surface area contributed by atoms with Gasteiger partial charge in [0.2, 0.25) is 8.38 Å². The van der Waals surface area contributed by atoms with Gasteiger partial charge in [0.05, 0.1) is 13.2 Å². The Hall–Kier alpha value is 0.600. The predicted octanol–water partition coefficient (Wildman–Crippen LogP) is 3.38. The summed E-state index contributed by atoms with van der Waals surface area (Å²) in [5, 5.41) is 1.14. The molecule has 0 aromatic heterocycles. The molecule has 1 aromatic rings. The van der Waals surface area contributed by atoms with E-state index < -0.39 is 8.38 Å². The van der Waals surface area contributed by atoms with Gasteiger partial charge in [-0.15, -0.1) is 0 Å². The van der Waals surface area contributed by atoms with Crippen LogP contribution in [-0.4, -0.2) is 13.2 Å². The number of halogens is 1. The van der Waals surface area contributed by atoms with E-state index in [1.807, 2.05) is 44.2 Å². The van der Waals surface area contributed by atoms with Gasteiger partial charge in [0, 0.05) is 5.30 Å². The summed E-state index contributed by atoms with van der Waals surface area (Å²) < 4.78 is 11.0. The minimum absolute atomic E-state index is 0.695. The molecule has 1 aromatic carbocycles. The van der Waals surface area contributed by atoms with Gasteiger partial charge in [-0.3, -0.25) is 0 Å². The van der Waals surface area contributed by atoms with Gasteiger partial charge in [0.1, 0.15) is 0 Å². The average molecular weight is 431 g/mol. The van der Waals surface area contributed by atoms with Crippen LogP contribution in [0.25, 0.3) is 0 Å². The Balaban J connectivity index is 0.000000921. The Morgan fingerprint density at radius 2 is 1.53 bits per heavy atom. The van der Waals surface area contributed by atoms with Gasteiger partial charge in [-0.25, -0.2) is 0 Å². The van der Waals surface area contributed by atoms with E-state index in [-0.39, 0.29) is 0 Å². The Morgan fingerprint density at radius 1 is 1.07 bits per heavy atom. The first kappa shape index (κ1) is 15.6. The topological polar surface area (TPSA) is 18.5 Å². The Labute approximate surface area is 109 Å². The summed E-state index contributed by atoms with van der Waals surface area (Å²) in [5.41, 5.74) is 0. The number of hydrogen-bond donors (Lipinski definition) is 0. The van der Waals surface area contributed by atoms with Gasteiger partial charge in [-0.2, -0.15) is 0 Å². The molecule has 0 saturated carbocycles. The maximum absolute atomic E-state index is 5.51. The van der Waals surface area contributed by atoms with E-state index in [2.05, 4.69) is 9.19 Å². The summed E-state index contributed by atoms with van der Waals surface area (Å²) in [6.45, 7) is 5.36. The van der Waals surface area contributed by atoms with Crippen LogP contribution in [0.3, 0.4) is 0 Å². The van der Waals surface area contributed by atoms with Gasteiger partial charge in [-0.1, -0.05) is 18.2 Å². The first-order chi connectivity index (χ1) is 7.38. The van der Waals surface area contributed by atoms with Crippen LogP contribution in [0, 0.1) is 0 Å². The Bertz CT molecular complexity index is 230. The Morgan fingerprint density at radius 3 is 1.93 bits per heavy atom. The fourth-order valence-electron chi connectivity index (χ4n) is 0.971. The van der Waals surface area contributed by atoms with Gasteiger partial charge < -0.3 is 9.05 Å². The van der Waals surface area contributed by atoms with Crippen molar-refractivity contribution < 1.29 is 29.0 Å². The number of hydrogen-bond acceptors (Lipinski definition) is 2. The molecule has 0 spiro atoms. The molecule has 0 heterocycles. The van der Waals surface area contributed by atoms with E-state index in [1.54, 1.807) is 20.0 Å². The van der Waals surface area contributed by atoms with E-state index in [4.69, 9.17) is 9.05 Å². The molecule has 0 radical (unpaired) electrons. The normalized spacial score (nSPS) is 9.73. The average Bonchev–Trinajstić information content (AvgIpc) is 2.33. The molecule has 90 valence electrons. The first-order valence-corrected chi connectivity index (χ1v) is 8.47. The second-order valence-electron chi connectivity index (χ2n) is 2.43. The summed E-state index contributed by atoms with van der Waals surface area (Å²) in [6, 6.07) is 10.1. The summed E-state index contributed by atoms with van der Waals surface area (Å²) in [4.78, 5) is 0. The van der Waals surface area contributed by atoms with Gasteiger partial charge in [0.15, 0.2) is 0 Å². The molecule has 0 atom stereocenters. The summed E-state index contributed by atoms with van der Waals surface area (Å²) >= 11 is 1.75. The summed E-state index contributed by atoms with van der Waals surface area (Å²) in [7, 11) is 3.73. The van der Waals surface area contributed by atoms with Crippen LogP contribution in [0.2, 0.25) is 0 Å². The van der Waals surface area contributed by atoms with E-state index in [9.17, 15) is 0 Å². The van der Waals surface area contributed by atoms with E-state index in [1.165, 1.54) is 0 Å². The molecule has 0 N–H and O–H groups in total. The molecule has 0 aliphatic rings. The van der Waals surface area contributed by atoms with Crippen LogP contribution >= 0.6 is 17.6 Å². The van der Waals surface area contributed by atoms with Crippen LogP contribution < -0.4 is 5.30 Å². The van der Waals surface area contributed by atoms with Gasteiger partial charge in [-0.05, 0) is 26.0 Å². The van der Waals surface area contributed by atoms with Crippen LogP contribution in [0.4, 0.5) is 0 Å². The zero-order valence-electron chi connectivity index (χ0n) is 8.74. The quantitative estimate of drug-likeness (QED) is 0.527. The molecule has 0 aliphatic heterocycles. The minimum atomic E-state index is -0.856. The van der Waals surface area contributed by atoms with E-state index in [0.29, 0.717) is 13.2 Å². The van der Waals surface area contributed by atoms with Crippen molar-refractivity contribution in [3.8, 4) is 0 Å². The third-order valence-corrected chi connectivity index (χ3v) is 3.16. The SMILES string of the molecule is CCOP(OCC)c1ccccc1.[Cl][Au]. The van der Waals surface area contributed by atoms with E-state index >= 15 is 0 Å². The molecule has 0 fully saturated rings. The van der Waals surface area contributed by atoms with Crippen LogP contribution in [0.1, 0.15) is 13.8 Å². The summed E-state index contributed by atoms with van der Waals surface area (Å²) in [5.74, 6) is 0. The van der Waals surface area contributed by atoms with Crippen molar-refractivity contribution >= 4 is 22.9 Å². The van der Waals surface area contributed by atoms with Crippen LogP contribution in [-0.2, 0) is 29.0 Å². The van der Waals surface area contributed by atoms with Crippen molar-refractivity contribution in [3.63, 3.8) is 0 Å². The fourth-order valence-corrected chi connectivity index (χ4v) is 2.23. The molecule has 2 nitrogen and oxygen atoms in total. The Kier molecular flexibility index (Phi) is 11.5. The molecule has 0 unspecified atom stereocenters. The molecular weight excluding hydrogens is 416 g/mol. The standard InChI is InChI=1S/C10H15O2P.Au.ClH/c1-3-11-13(12-4-2)10-8-6-5-7-9-10;;/h5-9H,3-4H2,1-2H3;;1H/q;+1;/p-1. The predicted molar refractivity (Wildman–Crippen MR) is 62.1 cm³/mol. The van der Waals surface area contributed by atoms with Crippen molar-refractivity contribution in [2.24, 2.45) is 0 Å². The van der Waals surface area contributed by atoms with E-state index in [0.717, 1.165) is 5.30 Å². The third kappa shape index (κ3) is 6.70. The van der Waals surface area contributed by atoms with Crippen molar-refractivity contribution in [1.82, 2.24) is 0 Å². The van der Waals surface area contributed by atoms with Gasteiger partial charge >= 0.3 is 29.2 Å².